The van der Waals surface area contributed by atoms with Crippen molar-refractivity contribution >= 4 is 41.1 Å². The van der Waals surface area contributed by atoms with Crippen LogP contribution < -0.4 is 11.1 Å². The Morgan fingerprint density at radius 2 is 2.27 bits per heavy atom. The van der Waals surface area contributed by atoms with E-state index in [-0.39, 0.29) is 22.9 Å². The number of hydrogen-bond donors (Lipinski definition) is 3. The van der Waals surface area contributed by atoms with Crippen LogP contribution in [0.25, 0.3) is 0 Å². The summed E-state index contributed by atoms with van der Waals surface area (Å²) in [6.07, 6.45) is 1.47. The number of nitrogens with zero attached hydrogens (tertiary/aromatic N) is 3. The van der Waals surface area contributed by atoms with Gasteiger partial charge in [-0.25, -0.2) is 9.78 Å². The molecule has 1 aromatic heterocycles. The number of β-lactam (4-membered cyclic amide) rings is 1. The number of carboxylic acids is 1. The number of carboxylic acid groups (broad SMARTS) is 1. The number of carbonyl (C=O) groups is 3. The highest BCUT2D eigenvalue weighted by molar-refractivity contribution is 8.00. The number of nitrogens with two attached hydrogens (primary N) is 1. The van der Waals surface area contributed by atoms with Gasteiger partial charge in [0.2, 0.25) is 0 Å². The quantitative estimate of drug-likeness (QED) is 0.349. The van der Waals surface area contributed by atoms with Crippen LogP contribution in [-0.4, -0.2) is 62.8 Å². The van der Waals surface area contributed by atoms with Gasteiger partial charge in [0.1, 0.15) is 35.7 Å². The number of aliphatic carboxylic acids is 1. The molecule has 2 aliphatic rings. The standard InChI is InChI=1S/C15H15N5O5S/c1-25-19-10(7-3-2-4-9(16)17-7)12(21)18-11-13(22)20-8(15(23)24)5-6-26-14(11)20/h2-5,11,14H,6H2,1H3,(H2,16,17)(H,18,21)(H,23,24)/t11?,14-/m1/s1. The Balaban J connectivity index is 1.77. The van der Waals surface area contributed by atoms with Gasteiger partial charge in [0.05, 0.1) is 0 Å². The average Bonchev–Trinajstić information content (AvgIpc) is 2.62. The summed E-state index contributed by atoms with van der Waals surface area (Å²) in [7, 11) is 1.27. The number of nitrogens with one attached hydrogen (secondary N) is 1. The van der Waals surface area contributed by atoms with E-state index >= 15 is 0 Å². The maximum atomic E-state index is 12.6. The fourth-order valence-corrected chi connectivity index (χ4v) is 3.82. The van der Waals surface area contributed by atoms with Crippen LogP contribution in [0.1, 0.15) is 5.69 Å². The second-order valence-electron chi connectivity index (χ2n) is 5.35. The third-order valence-electron chi connectivity index (χ3n) is 3.76. The Kier molecular flexibility index (Phi) is 4.80. The summed E-state index contributed by atoms with van der Waals surface area (Å²) in [5.41, 5.74) is 5.60. The van der Waals surface area contributed by atoms with Crippen molar-refractivity contribution in [2.75, 3.05) is 18.6 Å². The van der Waals surface area contributed by atoms with Gasteiger partial charge in [-0.2, -0.15) is 0 Å². The van der Waals surface area contributed by atoms with E-state index in [9.17, 15) is 14.4 Å². The van der Waals surface area contributed by atoms with E-state index in [0.29, 0.717) is 5.75 Å². The fraction of sp³-hybridized carbons (Fsp3) is 0.267. The van der Waals surface area contributed by atoms with E-state index in [2.05, 4.69) is 15.5 Å². The molecule has 1 aromatic rings. The minimum absolute atomic E-state index is 0.0764. The third kappa shape index (κ3) is 3.08. The van der Waals surface area contributed by atoms with Gasteiger partial charge in [0.15, 0.2) is 5.71 Å². The first-order valence-corrected chi connectivity index (χ1v) is 8.52. The van der Waals surface area contributed by atoms with Gasteiger partial charge in [-0.05, 0) is 18.2 Å². The van der Waals surface area contributed by atoms with Crippen LogP contribution in [0.15, 0.2) is 35.1 Å². The number of rotatable bonds is 5. The zero-order valence-electron chi connectivity index (χ0n) is 13.6. The molecular weight excluding hydrogens is 362 g/mol. The van der Waals surface area contributed by atoms with Crippen molar-refractivity contribution in [3.05, 3.63) is 35.7 Å². The molecule has 1 fully saturated rings. The van der Waals surface area contributed by atoms with Gasteiger partial charge in [-0.3, -0.25) is 14.5 Å². The smallest absolute Gasteiger partial charge is 0.352 e. The number of hydrogen-bond acceptors (Lipinski definition) is 8. The summed E-state index contributed by atoms with van der Waals surface area (Å²) in [6.45, 7) is 0. The average molecular weight is 377 g/mol. The van der Waals surface area contributed by atoms with Crippen molar-refractivity contribution in [2.45, 2.75) is 11.4 Å². The highest BCUT2D eigenvalue weighted by atomic mass is 32.2. The molecule has 11 heteroatoms. The molecule has 2 atom stereocenters. The highest BCUT2D eigenvalue weighted by Gasteiger charge is 2.53. The van der Waals surface area contributed by atoms with Gasteiger partial charge in [0.25, 0.3) is 11.8 Å². The Labute approximate surface area is 152 Å². The number of pyridine rings is 1. The Morgan fingerprint density at radius 3 is 2.92 bits per heavy atom. The molecule has 2 amide bonds. The first-order valence-electron chi connectivity index (χ1n) is 7.47. The second kappa shape index (κ2) is 7.04. The van der Waals surface area contributed by atoms with E-state index in [1.54, 1.807) is 12.1 Å². The minimum Gasteiger partial charge on any atom is -0.477 e. The molecule has 0 aromatic carbocycles. The number of aromatic nitrogens is 1. The molecule has 10 nitrogen and oxygen atoms in total. The van der Waals surface area contributed by atoms with Gasteiger partial charge < -0.3 is 21.0 Å². The maximum absolute atomic E-state index is 12.6. The van der Waals surface area contributed by atoms with Crippen LogP contribution in [0.2, 0.25) is 0 Å². The largest absolute Gasteiger partial charge is 0.477 e. The van der Waals surface area contributed by atoms with Gasteiger partial charge in [-0.1, -0.05) is 11.2 Å². The number of anilines is 1. The van der Waals surface area contributed by atoms with E-state index in [1.807, 2.05) is 0 Å². The molecule has 3 heterocycles. The number of carbonyl (C=O) groups excluding carboxylic acids is 2. The summed E-state index contributed by atoms with van der Waals surface area (Å²) in [5.74, 6) is -1.72. The van der Waals surface area contributed by atoms with Crippen LogP contribution in [-0.2, 0) is 19.2 Å². The lowest BCUT2D eigenvalue weighted by Crippen LogP contribution is -2.70. The Morgan fingerprint density at radius 1 is 1.50 bits per heavy atom. The Hall–Kier alpha value is -3.08. The molecule has 1 saturated heterocycles. The van der Waals surface area contributed by atoms with Crippen molar-refractivity contribution in [2.24, 2.45) is 5.16 Å². The molecule has 0 radical (unpaired) electrons. The molecule has 0 bridgehead atoms. The summed E-state index contributed by atoms with van der Waals surface area (Å²) < 4.78 is 0. The van der Waals surface area contributed by atoms with Crippen LogP contribution in [0.3, 0.4) is 0 Å². The number of fused-ring (bicyclic) bond motifs is 1. The molecule has 136 valence electrons. The molecule has 0 saturated carbocycles. The van der Waals surface area contributed by atoms with Gasteiger partial charge in [0, 0.05) is 5.75 Å². The predicted octanol–water partition coefficient (Wildman–Crippen LogP) is -0.617. The molecular formula is C15H15N5O5S. The molecule has 1 unspecified atom stereocenters. The number of amides is 2. The second-order valence-corrected chi connectivity index (χ2v) is 6.50. The molecule has 26 heavy (non-hydrogen) atoms. The highest BCUT2D eigenvalue weighted by Crippen LogP contribution is 2.37. The topological polar surface area (TPSA) is 147 Å². The number of nitrogen functional groups attached to an aromatic ring is 1. The minimum atomic E-state index is -1.18. The summed E-state index contributed by atoms with van der Waals surface area (Å²) in [4.78, 5) is 46.0. The van der Waals surface area contributed by atoms with Crippen LogP contribution in [0, 0.1) is 0 Å². The zero-order chi connectivity index (χ0) is 18.8. The lowest BCUT2D eigenvalue weighted by Gasteiger charge is -2.48. The summed E-state index contributed by atoms with van der Waals surface area (Å²) in [5, 5.41) is 14.9. The van der Waals surface area contributed by atoms with Crippen molar-refractivity contribution in [1.82, 2.24) is 15.2 Å². The summed E-state index contributed by atoms with van der Waals surface area (Å²) >= 11 is 1.36. The molecule has 0 spiro atoms. The predicted molar refractivity (Wildman–Crippen MR) is 92.9 cm³/mol. The Bertz CT molecular complexity index is 839. The van der Waals surface area contributed by atoms with Crippen molar-refractivity contribution in [1.29, 1.82) is 0 Å². The van der Waals surface area contributed by atoms with Crippen molar-refractivity contribution in [3.63, 3.8) is 0 Å². The van der Waals surface area contributed by atoms with Crippen molar-refractivity contribution in [3.8, 4) is 0 Å². The fourth-order valence-electron chi connectivity index (χ4n) is 2.63. The number of oxime groups is 1. The van der Waals surface area contributed by atoms with E-state index in [4.69, 9.17) is 15.7 Å². The summed E-state index contributed by atoms with van der Waals surface area (Å²) in [6, 6.07) is 3.83. The van der Waals surface area contributed by atoms with Gasteiger partial charge >= 0.3 is 5.97 Å². The molecule has 0 aliphatic carbocycles. The third-order valence-corrected chi connectivity index (χ3v) is 4.95. The lowest BCUT2D eigenvalue weighted by molar-refractivity contribution is -0.150. The van der Waals surface area contributed by atoms with Crippen LogP contribution >= 0.6 is 11.8 Å². The normalized spacial score (nSPS) is 22.0. The first-order chi connectivity index (χ1) is 12.4. The SMILES string of the molecule is CON=C(C(=O)NC1C(=O)N2C(C(=O)O)=CCS[C@H]12)c1cccc(N)n1. The molecule has 2 aliphatic heterocycles. The molecule has 3 rings (SSSR count). The van der Waals surface area contributed by atoms with Gasteiger partial charge in [-0.15, -0.1) is 11.8 Å². The van der Waals surface area contributed by atoms with E-state index < -0.39 is 29.2 Å². The monoisotopic (exact) mass is 377 g/mol. The molecule has 4 N–H and O–H groups in total. The van der Waals surface area contributed by atoms with Crippen LogP contribution in [0.4, 0.5) is 5.82 Å². The number of thioether (sulfide) groups is 1. The first kappa shape index (κ1) is 17.7. The van der Waals surface area contributed by atoms with E-state index in [1.165, 1.54) is 31.0 Å². The maximum Gasteiger partial charge on any atom is 0.352 e. The van der Waals surface area contributed by atoms with Crippen LogP contribution in [0.5, 0.6) is 0 Å². The lowest BCUT2D eigenvalue weighted by atomic mass is 10.0. The van der Waals surface area contributed by atoms with Crippen molar-refractivity contribution < 1.29 is 24.3 Å². The van der Waals surface area contributed by atoms with E-state index in [0.717, 1.165) is 4.90 Å². The zero-order valence-corrected chi connectivity index (χ0v) is 14.4.